The third-order valence-electron chi connectivity index (χ3n) is 0. The van der Waals surface area contributed by atoms with Crippen LogP contribution in [0.25, 0.3) is 0 Å². The van der Waals surface area contributed by atoms with Crippen LogP contribution >= 0.6 is 0 Å². The van der Waals surface area contributed by atoms with Gasteiger partial charge in [-0.3, -0.25) is 0 Å². The first-order chi connectivity index (χ1) is 1.41. The second-order valence-corrected chi connectivity index (χ2v) is 0.102. The van der Waals surface area contributed by atoms with Gasteiger partial charge in [-0.1, -0.05) is 0 Å². The van der Waals surface area contributed by atoms with Gasteiger partial charge >= 0.3 is 0 Å². The van der Waals surface area contributed by atoms with Crippen molar-refractivity contribution in [1.82, 2.24) is 0 Å². The molecule has 22 valence electrons. The maximum Gasteiger partial charge on any atom is 0.231 e. The van der Waals surface area contributed by atoms with Crippen LogP contribution in [0.2, 0.25) is 0 Å². The maximum absolute atomic E-state index is 8.35. The molecule has 4 heavy (non-hydrogen) atoms. The second kappa shape index (κ2) is 11.5. The fraction of sp³-hybridized carbons (Fsp3) is 0. The molecule has 2 nitrogen and oxygen atoms in total. The van der Waals surface area contributed by atoms with Gasteiger partial charge in [0.25, 0.3) is 0 Å². The summed E-state index contributed by atoms with van der Waals surface area (Å²) in [5.41, 5.74) is 0. The average molecular weight is 227 g/mol. The molecule has 0 saturated carbocycles. The standard InChI is InChI=1S/CHNO.W/c2-1-3;/h2H;. The first-order valence-electron chi connectivity index (χ1n) is 0.454. The Labute approximate surface area is 38.0 Å². The van der Waals surface area contributed by atoms with Gasteiger partial charge in [0.2, 0.25) is 6.08 Å². The zero-order chi connectivity index (χ0) is 2.71. The second-order valence-electron chi connectivity index (χ2n) is 0.102. The molecule has 0 radical (unpaired) electrons. The SMILES string of the molecule is N=C=O.[W]. The van der Waals surface area contributed by atoms with Crippen LogP contribution in [0.15, 0.2) is 0 Å². The van der Waals surface area contributed by atoms with Crippen molar-refractivity contribution < 1.29 is 25.9 Å². The van der Waals surface area contributed by atoms with Crippen molar-refractivity contribution in [2.24, 2.45) is 0 Å². The molecular weight excluding hydrogens is 226 g/mol. The summed E-state index contributed by atoms with van der Waals surface area (Å²) in [7, 11) is 0. The molecule has 0 heterocycles. The Morgan fingerprint density at radius 3 is 1.75 bits per heavy atom. The Kier molecular flexibility index (Phi) is 25.7. The molecule has 0 amide bonds. The van der Waals surface area contributed by atoms with E-state index in [2.05, 4.69) is 0 Å². The van der Waals surface area contributed by atoms with Gasteiger partial charge in [-0.05, 0) is 0 Å². The Morgan fingerprint density at radius 1 is 1.75 bits per heavy atom. The van der Waals surface area contributed by atoms with Crippen molar-refractivity contribution in [1.29, 1.82) is 5.41 Å². The number of isocyanates is 1. The summed E-state index contributed by atoms with van der Waals surface area (Å²) in [5, 5.41) is 5.40. The van der Waals surface area contributed by atoms with E-state index in [1.165, 1.54) is 0 Å². The summed E-state index contributed by atoms with van der Waals surface area (Å²) in [5.74, 6) is 0. The molecule has 0 aromatic heterocycles. The van der Waals surface area contributed by atoms with Crippen LogP contribution in [0.5, 0.6) is 0 Å². The van der Waals surface area contributed by atoms with Gasteiger partial charge in [0.1, 0.15) is 0 Å². The molecule has 0 saturated heterocycles. The van der Waals surface area contributed by atoms with Gasteiger partial charge < -0.3 is 0 Å². The van der Waals surface area contributed by atoms with E-state index in [-0.39, 0.29) is 21.1 Å². The minimum absolute atomic E-state index is 0. The Hall–Kier alpha value is 0.0683. The molecular formula is CHNOW. The van der Waals surface area contributed by atoms with E-state index >= 15 is 0 Å². The van der Waals surface area contributed by atoms with E-state index in [0.29, 0.717) is 0 Å². The van der Waals surface area contributed by atoms with Crippen LogP contribution in [0, 0.1) is 5.41 Å². The minimum atomic E-state index is 0. The Morgan fingerprint density at radius 2 is 1.75 bits per heavy atom. The van der Waals surface area contributed by atoms with E-state index in [1.807, 2.05) is 0 Å². The largest absolute Gasteiger partial charge is 0.231 e. The zero-order valence-corrected chi connectivity index (χ0v) is 4.75. The van der Waals surface area contributed by atoms with Crippen LogP contribution in [0.4, 0.5) is 0 Å². The quantitative estimate of drug-likeness (QED) is 0.455. The third kappa shape index (κ3) is 506. The molecule has 0 aliphatic heterocycles. The molecule has 0 aromatic carbocycles. The molecule has 0 unspecified atom stereocenters. The summed E-state index contributed by atoms with van der Waals surface area (Å²) in [6.45, 7) is 0. The zero-order valence-electron chi connectivity index (χ0n) is 1.82. The first kappa shape index (κ1) is 8.95. The van der Waals surface area contributed by atoms with E-state index in [4.69, 9.17) is 10.2 Å². The molecule has 0 atom stereocenters. The molecule has 0 spiro atoms. The smallest absolute Gasteiger partial charge is 0.222 e. The van der Waals surface area contributed by atoms with Crippen molar-refractivity contribution in [3.8, 4) is 0 Å². The van der Waals surface area contributed by atoms with Crippen molar-refractivity contribution in [3.05, 3.63) is 0 Å². The Bertz CT molecular complexity index is 29.0. The summed E-state index contributed by atoms with van der Waals surface area (Å²) < 4.78 is 0. The molecule has 0 rings (SSSR count). The molecule has 0 aromatic rings. The predicted molar refractivity (Wildman–Crippen MR) is 8.41 cm³/mol. The summed E-state index contributed by atoms with van der Waals surface area (Å²) in [6.07, 6.45) is 0.750. The Balaban J connectivity index is 0. The van der Waals surface area contributed by atoms with Crippen LogP contribution in [0.3, 0.4) is 0 Å². The van der Waals surface area contributed by atoms with Crippen molar-refractivity contribution >= 4 is 6.08 Å². The topological polar surface area (TPSA) is 40.9 Å². The van der Waals surface area contributed by atoms with Gasteiger partial charge in [-0.15, -0.1) is 0 Å². The van der Waals surface area contributed by atoms with E-state index in [0.717, 1.165) is 6.08 Å². The van der Waals surface area contributed by atoms with Crippen molar-refractivity contribution in [2.75, 3.05) is 0 Å². The number of hydrogen-bond acceptors (Lipinski definition) is 2. The molecule has 3 heteroatoms. The summed E-state index contributed by atoms with van der Waals surface area (Å²) >= 11 is 0. The van der Waals surface area contributed by atoms with E-state index in [1.54, 1.807) is 0 Å². The van der Waals surface area contributed by atoms with Gasteiger partial charge in [-0.25, -0.2) is 10.2 Å². The summed E-state index contributed by atoms with van der Waals surface area (Å²) in [6, 6.07) is 0. The minimum Gasteiger partial charge on any atom is -0.222 e. The molecule has 0 aliphatic rings. The fourth-order valence-corrected chi connectivity index (χ4v) is 0. The van der Waals surface area contributed by atoms with Crippen LogP contribution in [-0.4, -0.2) is 6.08 Å². The maximum atomic E-state index is 8.35. The first-order valence-corrected chi connectivity index (χ1v) is 0.454. The van der Waals surface area contributed by atoms with Crippen molar-refractivity contribution in [3.63, 3.8) is 0 Å². The van der Waals surface area contributed by atoms with Gasteiger partial charge in [0.15, 0.2) is 0 Å². The van der Waals surface area contributed by atoms with E-state index in [9.17, 15) is 0 Å². The molecule has 0 fully saturated rings. The van der Waals surface area contributed by atoms with E-state index < -0.39 is 0 Å². The van der Waals surface area contributed by atoms with Crippen molar-refractivity contribution in [2.45, 2.75) is 0 Å². The summed E-state index contributed by atoms with van der Waals surface area (Å²) in [4.78, 5) is 8.35. The average Bonchev–Trinajstić information content (AvgIpc) is 0.918. The van der Waals surface area contributed by atoms with Gasteiger partial charge in [0, 0.05) is 21.1 Å². The number of rotatable bonds is 0. The fourth-order valence-electron chi connectivity index (χ4n) is 0. The van der Waals surface area contributed by atoms with Crippen LogP contribution in [-0.2, 0) is 25.9 Å². The molecule has 1 N–H and O–H groups in total. The number of hydrogen-bond donors (Lipinski definition) is 1. The third-order valence-corrected chi connectivity index (χ3v) is 0. The number of nitrogens with one attached hydrogen (secondary N) is 1. The predicted octanol–water partition coefficient (Wildman–Crippen LogP) is -0.102. The monoisotopic (exact) mass is 227 g/mol. The van der Waals surface area contributed by atoms with Gasteiger partial charge in [-0.2, -0.15) is 0 Å². The van der Waals surface area contributed by atoms with Crippen LogP contribution < -0.4 is 0 Å². The molecule has 0 aliphatic carbocycles. The molecule has 0 bridgehead atoms. The normalized spacial score (nSPS) is 2.00. The number of carbonyl (C=O) groups excluding carboxylic acids is 1. The van der Waals surface area contributed by atoms with Crippen LogP contribution in [0.1, 0.15) is 0 Å². The van der Waals surface area contributed by atoms with Gasteiger partial charge in [0.05, 0.1) is 0 Å².